The van der Waals surface area contributed by atoms with Crippen LogP contribution < -0.4 is 10.5 Å². The molecule has 5 heteroatoms. The molecule has 0 fully saturated rings. The Hall–Kier alpha value is -2.69. The molecule has 1 heterocycles. The first-order valence-corrected chi connectivity index (χ1v) is 6.52. The highest BCUT2D eigenvalue weighted by Gasteiger charge is 2.12. The molecule has 0 unspecified atom stereocenters. The van der Waals surface area contributed by atoms with Crippen LogP contribution in [-0.2, 0) is 0 Å². The summed E-state index contributed by atoms with van der Waals surface area (Å²) in [5.74, 6) is -0.158. The monoisotopic (exact) mass is 283 g/mol. The quantitative estimate of drug-likeness (QED) is 0.727. The summed E-state index contributed by atoms with van der Waals surface area (Å²) in [6.07, 6.45) is 0. The highest BCUT2D eigenvalue weighted by molar-refractivity contribution is 5.88. The van der Waals surface area contributed by atoms with Crippen molar-refractivity contribution in [2.75, 3.05) is 5.73 Å². The fraction of sp³-hybridized carbons (Fsp3) is 0.125. The highest BCUT2D eigenvalue weighted by atomic mass is 19.1. The summed E-state index contributed by atoms with van der Waals surface area (Å²) < 4.78 is 19.6. The topological polar surface area (TPSA) is 61.0 Å². The van der Waals surface area contributed by atoms with E-state index in [1.807, 2.05) is 31.2 Å². The number of anilines is 1. The molecule has 4 nitrogen and oxygen atoms in total. The van der Waals surface area contributed by atoms with Crippen LogP contribution in [0.1, 0.15) is 11.3 Å². The van der Waals surface area contributed by atoms with Crippen LogP contribution >= 0.6 is 0 Å². The van der Waals surface area contributed by atoms with E-state index in [0.717, 1.165) is 22.0 Å². The maximum Gasteiger partial charge on any atom is 0.246 e. The van der Waals surface area contributed by atoms with Gasteiger partial charge in [-0.3, -0.25) is 0 Å². The number of hydrogen-bond acceptors (Lipinski definition) is 4. The molecule has 0 bridgehead atoms. The summed E-state index contributed by atoms with van der Waals surface area (Å²) in [5, 5.41) is 9.79. The Morgan fingerprint density at radius 1 is 1.05 bits per heavy atom. The van der Waals surface area contributed by atoms with Gasteiger partial charge in [0.05, 0.1) is 5.69 Å². The molecule has 106 valence electrons. The Morgan fingerprint density at radius 2 is 1.76 bits per heavy atom. The second kappa shape index (κ2) is 5.01. The van der Waals surface area contributed by atoms with Gasteiger partial charge in [-0.25, -0.2) is 4.39 Å². The van der Waals surface area contributed by atoms with Crippen LogP contribution in [0.5, 0.6) is 11.6 Å². The fourth-order valence-corrected chi connectivity index (χ4v) is 2.14. The maximum absolute atomic E-state index is 13.9. The number of hydrogen-bond donors (Lipinski definition) is 1. The Labute approximate surface area is 121 Å². The van der Waals surface area contributed by atoms with Crippen LogP contribution in [0.25, 0.3) is 10.8 Å². The molecule has 0 spiro atoms. The number of ether oxygens (including phenoxy) is 1. The molecule has 0 radical (unpaired) electrons. The summed E-state index contributed by atoms with van der Waals surface area (Å²) in [6.45, 7) is 3.66. The Morgan fingerprint density at radius 3 is 2.52 bits per heavy atom. The molecular formula is C16H14FN3O. The van der Waals surface area contributed by atoms with Gasteiger partial charge in [0, 0.05) is 22.5 Å². The fourth-order valence-electron chi connectivity index (χ4n) is 2.14. The summed E-state index contributed by atoms with van der Waals surface area (Å²) in [7, 11) is 0. The van der Waals surface area contributed by atoms with Crippen molar-refractivity contribution in [2.24, 2.45) is 0 Å². The number of halogens is 1. The minimum absolute atomic E-state index is 0.0880. The highest BCUT2D eigenvalue weighted by Crippen LogP contribution is 2.31. The number of benzene rings is 2. The molecular weight excluding hydrogens is 269 g/mol. The zero-order chi connectivity index (χ0) is 15.0. The van der Waals surface area contributed by atoms with E-state index < -0.39 is 5.82 Å². The van der Waals surface area contributed by atoms with Gasteiger partial charge >= 0.3 is 0 Å². The third kappa shape index (κ3) is 2.38. The molecule has 2 N–H and O–H groups in total. The predicted octanol–water partition coefficient (Wildman–Crippen LogP) is 3.76. The molecule has 0 saturated heterocycles. The van der Waals surface area contributed by atoms with Crippen molar-refractivity contribution in [3.8, 4) is 11.6 Å². The molecule has 0 saturated carbocycles. The van der Waals surface area contributed by atoms with Crippen LogP contribution in [0.15, 0.2) is 36.4 Å². The van der Waals surface area contributed by atoms with E-state index in [1.54, 1.807) is 13.0 Å². The summed E-state index contributed by atoms with van der Waals surface area (Å²) in [4.78, 5) is 0. The Bertz CT molecular complexity index is 833. The number of nitrogen functional groups attached to an aromatic ring is 1. The van der Waals surface area contributed by atoms with Crippen molar-refractivity contribution in [1.82, 2.24) is 10.2 Å². The van der Waals surface area contributed by atoms with Crippen molar-refractivity contribution in [1.29, 1.82) is 0 Å². The standard InChI is InChI=1S/C16H14FN3O/c1-9-7-15(13(17)8-14(9)18)21-16-12-6-4-3-5-11(12)10(2)19-20-16/h3-8H,18H2,1-2H3. The molecule has 3 aromatic rings. The van der Waals surface area contributed by atoms with Crippen molar-refractivity contribution >= 4 is 16.5 Å². The first-order chi connectivity index (χ1) is 10.1. The van der Waals surface area contributed by atoms with E-state index in [4.69, 9.17) is 10.5 Å². The van der Waals surface area contributed by atoms with E-state index in [-0.39, 0.29) is 11.6 Å². The molecule has 0 aliphatic carbocycles. The van der Waals surface area contributed by atoms with Crippen LogP contribution in [0.2, 0.25) is 0 Å². The third-order valence-electron chi connectivity index (χ3n) is 3.37. The first-order valence-electron chi connectivity index (χ1n) is 6.52. The van der Waals surface area contributed by atoms with Gasteiger partial charge in [0.25, 0.3) is 0 Å². The number of aromatic nitrogens is 2. The summed E-state index contributed by atoms with van der Waals surface area (Å²) in [6, 6.07) is 10.4. The predicted molar refractivity (Wildman–Crippen MR) is 79.9 cm³/mol. The van der Waals surface area contributed by atoms with E-state index >= 15 is 0 Å². The van der Waals surface area contributed by atoms with Gasteiger partial charge < -0.3 is 10.5 Å². The molecule has 1 aromatic heterocycles. The number of rotatable bonds is 2. The Kier molecular flexibility index (Phi) is 3.17. The van der Waals surface area contributed by atoms with Crippen LogP contribution in [0.3, 0.4) is 0 Å². The van der Waals surface area contributed by atoms with E-state index in [1.165, 1.54) is 6.07 Å². The van der Waals surface area contributed by atoms with Gasteiger partial charge in [0.2, 0.25) is 5.88 Å². The van der Waals surface area contributed by atoms with Gasteiger partial charge in [-0.05, 0) is 31.5 Å². The number of fused-ring (bicyclic) bond motifs is 1. The minimum Gasteiger partial charge on any atom is -0.434 e. The van der Waals surface area contributed by atoms with Gasteiger partial charge in [0.1, 0.15) is 0 Å². The zero-order valence-electron chi connectivity index (χ0n) is 11.7. The first kappa shape index (κ1) is 13.3. The lowest BCUT2D eigenvalue weighted by Crippen LogP contribution is -1.98. The largest absolute Gasteiger partial charge is 0.434 e. The van der Waals surface area contributed by atoms with Crippen molar-refractivity contribution in [2.45, 2.75) is 13.8 Å². The van der Waals surface area contributed by atoms with E-state index in [2.05, 4.69) is 10.2 Å². The number of nitrogens with two attached hydrogens (primary N) is 1. The average Bonchev–Trinajstić information content (AvgIpc) is 2.48. The smallest absolute Gasteiger partial charge is 0.246 e. The van der Waals surface area contributed by atoms with E-state index in [0.29, 0.717) is 5.69 Å². The molecule has 2 aromatic carbocycles. The summed E-state index contributed by atoms with van der Waals surface area (Å²) in [5.41, 5.74) is 7.60. The minimum atomic E-state index is -0.524. The van der Waals surface area contributed by atoms with Crippen molar-refractivity contribution in [3.05, 3.63) is 53.5 Å². The second-order valence-electron chi connectivity index (χ2n) is 4.88. The molecule has 0 aliphatic rings. The van der Waals surface area contributed by atoms with Gasteiger partial charge in [0.15, 0.2) is 11.6 Å². The maximum atomic E-state index is 13.9. The molecule has 3 rings (SSSR count). The second-order valence-corrected chi connectivity index (χ2v) is 4.88. The molecule has 0 aliphatic heterocycles. The lowest BCUT2D eigenvalue weighted by molar-refractivity contribution is 0.426. The number of nitrogens with zero attached hydrogens (tertiary/aromatic N) is 2. The van der Waals surface area contributed by atoms with Crippen LogP contribution in [0, 0.1) is 19.7 Å². The molecule has 0 amide bonds. The van der Waals surface area contributed by atoms with Crippen LogP contribution in [0.4, 0.5) is 10.1 Å². The van der Waals surface area contributed by atoms with Crippen molar-refractivity contribution in [3.63, 3.8) is 0 Å². The Balaban J connectivity index is 2.11. The average molecular weight is 283 g/mol. The van der Waals surface area contributed by atoms with Crippen LogP contribution in [-0.4, -0.2) is 10.2 Å². The SMILES string of the molecule is Cc1cc(Oc2nnc(C)c3ccccc23)c(F)cc1N. The number of aryl methyl sites for hydroxylation is 2. The summed E-state index contributed by atoms with van der Waals surface area (Å²) >= 11 is 0. The lowest BCUT2D eigenvalue weighted by Gasteiger charge is -2.10. The molecule has 21 heavy (non-hydrogen) atoms. The molecule has 0 atom stereocenters. The van der Waals surface area contributed by atoms with Crippen molar-refractivity contribution < 1.29 is 9.13 Å². The van der Waals surface area contributed by atoms with Gasteiger partial charge in [-0.15, -0.1) is 5.10 Å². The van der Waals surface area contributed by atoms with Gasteiger partial charge in [-0.2, -0.15) is 5.10 Å². The van der Waals surface area contributed by atoms with E-state index in [9.17, 15) is 4.39 Å². The normalized spacial score (nSPS) is 10.8. The lowest BCUT2D eigenvalue weighted by atomic mass is 10.1. The zero-order valence-corrected chi connectivity index (χ0v) is 11.7. The third-order valence-corrected chi connectivity index (χ3v) is 3.37. The van der Waals surface area contributed by atoms with Gasteiger partial charge in [-0.1, -0.05) is 18.2 Å².